The van der Waals surface area contributed by atoms with Gasteiger partial charge >= 0.3 is 43.1 Å². The van der Waals surface area contributed by atoms with Crippen LogP contribution < -0.4 is 43.1 Å². The summed E-state index contributed by atoms with van der Waals surface area (Å²) in [6.45, 7) is 9.38. The molecule has 2 aromatic carbocycles. The predicted octanol–water partition coefficient (Wildman–Crippen LogP) is 5.30. The zero-order valence-electron chi connectivity index (χ0n) is 58.8. The number of aromatic nitrogens is 3. The third kappa shape index (κ3) is 25.0. The van der Waals surface area contributed by atoms with Gasteiger partial charge < -0.3 is 80.3 Å². The van der Waals surface area contributed by atoms with Crippen molar-refractivity contribution in [1.29, 1.82) is 0 Å². The van der Waals surface area contributed by atoms with Crippen LogP contribution in [-0.4, -0.2) is 176 Å². The molecule has 6 heterocycles. The first kappa shape index (κ1) is 88.5. The standard InChI is InChI=1S/C62H83N9O30P4S4/c1-6-68-45-21-19-39(108-99-98-79)29-41(45)61(2,3)51(68)16-9-7-10-17-52-62(4,5)42-30-40(109(90,91)92)20-22-46(42)69(52)25-12-8-11-18-54(74)65-44(58(76)64-24-13-15-38-34-71(55(75)31-43(38)63)57-33-48(73)49(97-57)35-94-102(80,81)82)37-107-106-28-14-27-93-60(78)67-53-23-26-70(59(77)66-53)56-32-47(72)50(96-56)36-95-104(86,87)101-105(88,89)100-103(83,84)85/h7,9-10,13,15-17,19-23,26,29-31,34,44,47-50,56-57,72-73H,6,8,11-12,14,18,24-25,27-28,32-33,35-37,63H2,1-5H3,(H10-,64,65,66,67,74,76,77,78,79,80,81,82,83,84,85,86,87,88,89,90,91,92)/b15-13+/t44?,47-,48-,49-,50-,56-,57-/m1/s1. The number of phosphoric acid groups is 4. The Balaban J connectivity index is 0.865. The molecule has 0 spiro atoms. The number of carbonyl (C=O) groups is 3. The zero-order valence-corrected chi connectivity index (χ0v) is 65.6. The van der Waals surface area contributed by atoms with Crippen LogP contribution in [0.15, 0.2) is 122 Å². The largest absolute Gasteiger partial charge is 0.691 e. The van der Waals surface area contributed by atoms with Crippen molar-refractivity contribution in [2.75, 3.05) is 66.9 Å². The van der Waals surface area contributed by atoms with E-state index in [1.807, 2.05) is 69.4 Å². The molecule has 4 aromatic rings. The zero-order chi connectivity index (χ0) is 80.0. The van der Waals surface area contributed by atoms with Gasteiger partial charge in [0.15, 0.2) is 5.71 Å². The van der Waals surface area contributed by atoms with E-state index >= 15 is 0 Å². The number of nitrogen functional groups attached to an aromatic ring is 1. The van der Waals surface area contributed by atoms with E-state index in [1.165, 1.54) is 58.1 Å². The van der Waals surface area contributed by atoms with Gasteiger partial charge in [-0.2, -0.15) is 30.9 Å². The van der Waals surface area contributed by atoms with E-state index in [0.717, 1.165) is 61.8 Å². The van der Waals surface area contributed by atoms with Crippen molar-refractivity contribution in [1.82, 2.24) is 24.8 Å². The minimum atomic E-state index is -5.83. The van der Waals surface area contributed by atoms with Crippen molar-refractivity contribution in [2.24, 2.45) is 0 Å². The second-order valence-electron chi connectivity index (χ2n) is 25.6. The Morgan fingerprint density at radius 2 is 1.52 bits per heavy atom. The minimum Gasteiger partial charge on any atom is -0.691 e. The molecular formula is C62H83N9O30P4S4. The SMILES string of the molecule is CCN1/C(=C/C=C/C=C/C2=[N+](CCCCCC(=O)NC(CSSCCCOC(=O)Nc3ccn([C@H]4C[C@@H](O)[C@@H](COP(=O)(O)OP(=O)(O)OP(=O)(O)O)O4)c(=O)n3)C(=O)NC/C=C/c3cn([C@H]4C[C@@H](O)[C@@H](COP(=O)(O)O)O4)c(=O)cc3N)c3ccc(S(=O)(=O)O)cc3C2(C)C)C(C)(C)c2cc(SOO[O-])ccc21. The average molecular weight is 1690 g/mol. The number of hydrogen-bond donors (Lipinski definition) is 13. The molecule has 4 aliphatic heterocycles. The van der Waals surface area contributed by atoms with E-state index in [-0.39, 0.29) is 61.0 Å². The number of rotatable bonds is 39. The van der Waals surface area contributed by atoms with Crippen molar-refractivity contribution < 1.29 is 136 Å². The first-order valence-corrected chi connectivity index (χ1v) is 43.9. The summed E-state index contributed by atoms with van der Waals surface area (Å²) >= 11 is 0.815. The molecule has 9 atom stereocenters. The number of amides is 3. The molecule has 4 aliphatic rings. The lowest BCUT2D eigenvalue weighted by Gasteiger charge is -2.25. The average Bonchev–Trinajstić information content (AvgIpc) is 1.59. The van der Waals surface area contributed by atoms with E-state index in [0.29, 0.717) is 54.1 Å². The van der Waals surface area contributed by atoms with E-state index < -0.39 is 138 Å². The molecule has 600 valence electrons. The normalized spacial score (nSPS) is 21.6. The quantitative estimate of drug-likeness (QED) is 0.00310. The van der Waals surface area contributed by atoms with Crippen LogP contribution in [0.5, 0.6) is 0 Å². The van der Waals surface area contributed by atoms with Crippen LogP contribution in [-0.2, 0) is 90.0 Å². The van der Waals surface area contributed by atoms with Gasteiger partial charge in [-0.05, 0) is 88.1 Å². The Hall–Kier alpha value is -6.09. The highest BCUT2D eigenvalue weighted by atomic mass is 33.1. The number of fused-ring (bicyclic) bond motifs is 2. The molecule has 3 unspecified atom stereocenters. The maximum Gasteiger partial charge on any atom is 0.490 e. The van der Waals surface area contributed by atoms with Crippen molar-refractivity contribution in [3.63, 3.8) is 0 Å². The molecular weight excluding hydrogens is 1600 g/mol. The number of pyridine rings is 1. The van der Waals surface area contributed by atoms with Crippen molar-refractivity contribution in [2.45, 2.75) is 143 Å². The summed E-state index contributed by atoms with van der Waals surface area (Å²) in [6, 6.07) is 11.4. The molecule has 0 aliphatic carbocycles. The molecule has 8 rings (SSSR count). The molecule has 0 bridgehead atoms. The molecule has 2 aromatic heterocycles. The van der Waals surface area contributed by atoms with Crippen LogP contribution in [0.4, 0.5) is 27.7 Å². The second-order valence-corrected chi connectivity index (χ2v) is 36.1. The number of nitrogens with one attached hydrogen (secondary N) is 3. The fraction of sp³-hybridized carbons (Fsp3) is 0.468. The number of phosphoric ester groups is 2. The van der Waals surface area contributed by atoms with Gasteiger partial charge in [-0.25, -0.2) is 27.8 Å². The Kier molecular flexibility index (Phi) is 31.0. The minimum absolute atomic E-state index is 0.0136. The summed E-state index contributed by atoms with van der Waals surface area (Å²) in [5, 5.41) is 43.0. The highest BCUT2D eigenvalue weighted by molar-refractivity contribution is 8.76. The molecule has 3 amide bonds. The van der Waals surface area contributed by atoms with Crippen LogP contribution in [0, 0.1) is 0 Å². The first-order chi connectivity index (χ1) is 51.1. The molecule has 2 fully saturated rings. The second kappa shape index (κ2) is 38.2. The number of unbranched alkanes of at least 4 members (excludes halogenated alkanes) is 2. The molecule has 39 nitrogen and oxygen atoms in total. The number of hydrogen-bond acceptors (Lipinski definition) is 29. The Bertz CT molecular complexity index is 4590. The summed E-state index contributed by atoms with van der Waals surface area (Å²) in [6.07, 6.45) is 7.88. The number of ether oxygens (including phenoxy) is 3. The van der Waals surface area contributed by atoms with E-state index in [9.17, 15) is 80.5 Å². The molecule has 47 heteroatoms. The summed E-state index contributed by atoms with van der Waals surface area (Å²) in [5.41, 5.74) is 9.05. The number of nitrogens with two attached hydrogens (primary N) is 1. The van der Waals surface area contributed by atoms with Crippen LogP contribution >= 0.6 is 64.9 Å². The Morgan fingerprint density at radius 1 is 0.826 bits per heavy atom. The molecule has 109 heavy (non-hydrogen) atoms. The third-order valence-corrected chi connectivity index (χ3v) is 25.4. The summed E-state index contributed by atoms with van der Waals surface area (Å²) in [4.78, 5) is 128. The van der Waals surface area contributed by atoms with Gasteiger partial charge in [-0.3, -0.25) is 47.5 Å². The predicted molar refractivity (Wildman–Crippen MR) is 393 cm³/mol. The monoisotopic (exact) mass is 1690 g/mol. The summed E-state index contributed by atoms with van der Waals surface area (Å²) in [5.74, 6) is -0.865. The number of anilines is 3. The lowest BCUT2D eigenvalue weighted by Crippen LogP contribution is -2.48. The Labute approximate surface area is 635 Å². The summed E-state index contributed by atoms with van der Waals surface area (Å²) in [7, 11) is -24.0. The number of carbonyl (C=O) groups excluding carboxylic acids is 3. The lowest BCUT2D eigenvalue weighted by atomic mass is 9.81. The number of aliphatic hydroxyl groups is 2. The third-order valence-electron chi connectivity index (χ3n) is 17.2. The molecule has 0 saturated carbocycles. The number of nitrogens with zero attached hydrogens (tertiary/aromatic N) is 5. The fourth-order valence-electron chi connectivity index (χ4n) is 12.1. The highest BCUT2D eigenvalue weighted by Gasteiger charge is 2.47. The number of aliphatic hydroxyl groups excluding tert-OH is 2. The van der Waals surface area contributed by atoms with E-state index in [2.05, 4.69) is 71.3 Å². The Morgan fingerprint density at radius 3 is 2.18 bits per heavy atom. The van der Waals surface area contributed by atoms with Gasteiger partial charge in [0.25, 0.3) is 15.7 Å². The topological polar surface area (TPSA) is 567 Å². The highest BCUT2D eigenvalue weighted by Crippen LogP contribution is 2.66. The van der Waals surface area contributed by atoms with E-state index in [1.54, 1.807) is 6.07 Å². The maximum absolute atomic E-state index is 13.9. The van der Waals surface area contributed by atoms with Crippen LogP contribution in [0.1, 0.15) is 109 Å². The van der Waals surface area contributed by atoms with Crippen LogP contribution in [0.2, 0.25) is 0 Å². The van der Waals surface area contributed by atoms with E-state index in [4.69, 9.17) is 39.5 Å². The fourth-order valence-corrected chi connectivity index (χ4v) is 18.6. The van der Waals surface area contributed by atoms with Gasteiger partial charge in [0.1, 0.15) is 43.1 Å². The lowest BCUT2D eigenvalue weighted by molar-refractivity contribution is -0.777. The summed E-state index contributed by atoms with van der Waals surface area (Å²) < 4.78 is 122. The number of allylic oxidation sites excluding steroid dienone is 6. The van der Waals surface area contributed by atoms with Gasteiger partial charge in [0.2, 0.25) is 17.5 Å². The smallest absolute Gasteiger partial charge is 0.490 e. The van der Waals surface area contributed by atoms with Crippen molar-refractivity contribution in [3.05, 3.63) is 141 Å². The molecule has 2 saturated heterocycles. The van der Waals surface area contributed by atoms with Gasteiger partial charge in [-0.15, -0.1) is 0 Å². The number of likely N-dealkylation sites (N-methyl/N-ethyl adjacent to an activating group) is 1. The first-order valence-electron chi connectivity index (χ1n) is 33.2. The van der Waals surface area contributed by atoms with Crippen LogP contribution in [0.25, 0.3) is 6.08 Å². The molecule has 14 N–H and O–H groups in total. The number of benzene rings is 2. The van der Waals surface area contributed by atoms with Gasteiger partial charge in [0.05, 0.1) is 54.4 Å². The van der Waals surface area contributed by atoms with Crippen molar-refractivity contribution >= 4 is 128 Å². The molecule has 0 radical (unpaired) electrons. The van der Waals surface area contributed by atoms with Gasteiger partial charge in [-0.1, -0.05) is 65.8 Å². The van der Waals surface area contributed by atoms with Crippen LogP contribution in [0.3, 0.4) is 0 Å². The van der Waals surface area contributed by atoms with Gasteiger partial charge in [0, 0.05) is 119 Å². The maximum atomic E-state index is 13.9. The van der Waals surface area contributed by atoms with Crippen molar-refractivity contribution in [3.8, 4) is 0 Å².